The number of hydrogen-bond acceptors (Lipinski definition) is 4. The van der Waals surface area contributed by atoms with Crippen molar-refractivity contribution in [3.63, 3.8) is 0 Å². The first-order valence-electron chi connectivity index (χ1n) is 7.82. The first-order valence-corrected chi connectivity index (χ1v) is 8.63. The number of hydrogen-bond donors (Lipinski definition) is 3. The molecule has 2 aliphatic carbocycles. The molecule has 1 atom stereocenters. The summed E-state index contributed by atoms with van der Waals surface area (Å²) in [5.74, 6) is -0.428. The van der Waals surface area contributed by atoms with Crippen molar-refractivity contribution in [3.05, 3.63) is 16.0 Å². The first-order chi connectivity index (χ1) is 10.4. The number of thiophene rings is 1. The molecule has 1 heterocycles. The fourth-order valence-corrected chi connectivity index (χ4v) is 5.12. The highest BCUT2D eigenvalue weighted by atomic mass is 32.1. The predicted octanol–water partition coefficient (Wildman–Crippen LogP) is 2.57. The zero-order valence-corrected chi connectivity index (χ0v) is 13.4. The Morgan fingerprint density at radius 2 is 2.09 bits per heavy atom. The number of fused-ring (bicyclic) bond motifs is 1. The SMILES string of the molecule is NC(=O)c1c(N)sc2c1CCC(CCC(=O)O)(CC1CC1)C2. The Hall–Kier alpha value is -1.56. The maximum atomic E-state index is 11.6. The number of carbonyl (C=O) groups excluding carboxylic acids is 1. The van der Waals surface area contributed by atoms with E-state index in [1.165, 1.54) is 24.2 Å². The van der Waals surface area contributed by atoms with E-state index >= 15 is 0 Å². The zero-order valence-electron chi connectivity index (χ0n) is 12.6. The molecular formula is C16H22N2O3S. The summed E-state index contributed by atoms with van der Waals surface area (Å²) in [4.78, 5) is 23.7. The number of amides is 1. The summed E-state index contributed by atoms with van der Waals surface area (Å²) in [5.41, 5.74) is 13.0. The van der Waals surface area contributed by atoms with Crippen LogP contribution in [0.2, 0.25) is 0 Å². The van der Waals surface area contributed by atoms with Crippen molar-refractivity contribution in [1.29, 1.82) is 0 Å². The molecule has 0 aromatic carbocycles. The molecule has 1 unspecified atom stereocenters. The fraction of sp³-hybridized carbons (Fsp3) is 0.625. The summed E-state index contributed by atoms with van der Waals surface area (Å²) in [5, 5.41) is 9.56. The maximum Gasteiger partial charge on any atom is 0.303 e. The Balaban J connectivity index is 1.86. The highest BCUT2D eigenvalue weighted by molar-refractivity contribution is 7.16. The standard InChI is InChI=1S/C16H22N2O3S/c17-14(21)13-10-3-5-16(6-4-12(19)20,7-9-1-2-9)8-11(10)22-15(13)18/h9H,1-8,18H2,(H2,17,21)(H,19,20). The number of nitrogens with two attached hydrogens (primary N) is 2. The smallest absolute Gasteiger partial charge is 0.303 e. The number of primary amides is 1. The monoisotopic (exact) mass is 322 g/mol. The van der Waals surface area contributed by atoms with Gasteiger partial charge in [-0.25, -0.2) is 0 Å². The van der Waals surface area contributed by atoms with Crippen LogP contribution < -0.4 is 11.5 Å². The van der Waals surface area contributed by atoms with Gasteiger partial charge in [-0.3, -0.25) is 9.59 Å². The molecule has 1 fully saturated rings. The van der Waals surface area contributed by atoms with Crippen LogP contribution in [0.25, 0.3) is 0 Å². The summed E-state index contributed by atoms with van der Waals surface area (Å²) >= 11 is 1.46. The van der Waals surface area contributed by atoms with E-state index in [1.54, 1.807) is 0 Å². The molecule has 5 nitrogen and oxygen atoms in total. The van der Waals surface area contributed by atoms with Crippen LogP contribution >= 0.6 is 11.3 Å². The summed E-state index contributed by atoms with van der Waals surface area (Å²) in [6.45, 7) is 0. The lowest BCUT2D eigenvalue weighted by Crippen LogP contribution is -2.30. The summed E-state index contributed by atoms with van der Waals surface area (Å²) in [6, 6.07) is 0. The highest BCUT2D eigenvalue weighted by Gasteiger charge is 2.41. The molecule has 0 saturated heterocycles. The average Bonchev–Trinajstić information content (AvgIpc) is 3.16. The van der Waals surface area contributed by atoms with E-state index in [-0.39, 0.29) is 11.8 Å². The van der Waals surface area contributed by atoms with Crippen molar-refractivity contribution in [2.24, 2.45) is 17.1 Å². The van der Waals surface area contributed by atoms with Crippen molar-refractivity contribution >= 4 is 28.2 Å². The van der Waals surface area contributed by atoms with Gasteiger partial charge < -0.3 is 16.6 Å². The van der Waals surface area contributed by atoms with E-state index in [1.807, 2.05) is 0 Å². The van der Waals surface area contributed by atoms with Gasteiger partial charge in [0.2, 0.25) is 0 Å². The van der Waals surface area contributed by atoms with E-state index in [4.69, 9.17) is 16.6 Å². The minimum absolute atomic E-state index is 0.0543. The minimum atomic E-state index is -0.732. The summed E-state index contributed by atoms with van der Waals surface area (Å²) in [7, 11) is 0. The molecule has 5 N–H and O–H groups in total. The highest BCUT2D eigenvalue weighted by Crippen LogP contribution is 2.51. The minimum Gasteiger partial charge on any atom is -0.481 e. The van der Waals surface area contributed by atoms with Crippen LogP contribution in [0.1, 0.15) is 59.3 Å². The van der Waals surface area contributed by atoms with Crippen LogP contribution in [0.3, 0.4) is 0 Å². The van der Waals surface area contributed by atoms with Gasteiger partial charge in [-0.15, -0.1) is 11.3 Å². The second-order valence-corrected chi connectivity index (χ2v) is 7.96. The molecule has 0 bridgehead atoms. The largest absolute Gasteiger partial charge is 0.481 e. The van der Waals surface area contributed by atoms with Crippen molar-refractivity contribution in [3.8, 4) is 0 Å². The number of rotatable bonds is 6. The van der Waals surface area contributed by atoms with Crippen LogP contribution in [-0.2, 0) is 17.6 Å². The van der Waals surface area contributed by atoms with Gasteiger partial charge in [-0.1, -0.05) is 12.8 Å². The number of carboxylic acid groups (broad SMARTS) is 1. The molecule has 2 aliphatic rings. The average molecular weight is 322 g/mol. The van der Waals surface area contributed by atoms with Crippen molar-refractivity contribution in [2.45, 2.75) is 51.4 Å². The summed E-state index contributed by atoms with van der Waals surface area (Å²) < 4.78 is 0. The quantitative estimate of drug-likeness (QED) is 0.748. The van der Waals surface area contributed by atoms with Gasteiger partial charge >= 0.3 is 5.97 Å². The molecule has 0 radical (unpaired) electrons. The topological polar surface area (TPSA) is 106 Å². The summed E-state index contributed by atoms with van der Waals surface area (Å²) in [6.07, 6.45) is 7.11. The van der Waals surface area contributed by atoms with Crippen LogP contribution in [0.4, 0.5) is 5.00 Å². The Bertz CT molecular complexity index is 621. The maximum absolute atomic E-state index is 11.6. The third kappa shape index (κ3) is 2.97. The van der Waals surface area contributed by atoms with Crippen LogP contribution in [0.15, 0.2) is 0 Å². The predicted molar refractivity (Wildman–Crippen MR) is 85.9 cm³/mol. The Morgan fingerprint density at radius 3 is 2.68 bits per heavy atom. The third-order valence-electron chi connectivity index (χ3n) is 5.09. The number of carboxylic acids is 1. The van der Waals surface area contributed by atoms with Crippen LogP contribution in [0, 0.1) is 11.3 Å². The van der Waals surface area contributed by atoms with Gasteiger partial charge in [0.1, 0.15) is 0 Å². The number of nitrogen functional groups attached to an aromatic ring is 1. The fourth-order valence-electron chi connectivity index (χ4n) is 3.83. The van der Waals surface area contributed by atoms with Gasteiger partial charge in [0.15, 0.2) is 0 Å². The number of carbonyl (C=O) groups is 2. The lowest BCUT2D eigenvalue weighted by molar-refractivity contribution is -0.137. The molecule has 0 aliphatic heterocycles. The molecule has 1 aromatic heterocycles. The lowest BCUT2D eigenvalue weighted by Gasteiger charge is -2.37. The van der Waals surface area contributed by atoms with E-state index in [0.29, 0.717) is 17.0 Å². The van der Waals surface area contributed by atoms with E-state index < -0.39 is 11.9 Å². The van der Waals surface area contributed by atoms with Crippen LogP contribution in [-0.4, -0.2) is 17.0 Å². The molecule has 1 aromatic rings. The van der Waals surface area contributed by atoms with Gasteiger partial charge in [0.25, 0.3) is 5.91 Å². The molecule has 3 rings (SSSR count). The number of anilines is 1. The second-order valence-electron chi connectivity index (χ2n) is 6.83. The van der Waals surface area contributed by atoms with E-state index in [9.17, 15) is 9.59 Å². The lowest BCUT2D eigenvalue weighted by atomic mass is 9.68. The Kier molecular flexibility index (Phi) is 3.89. The van der Waals surface area contributed by atoms with Gasteiger partial charge in [-0.05, 0) is 49.0 Å². The molecular weight excluding hydrogens is 300 g/mol. The van der Waals surface area contributed by atoms with Crippen molar-refractivity contribution in [2.75, 3.05) is 5.73 Å². The van der Waals surface area contributed by atoms with Crippen LogP contribution in [0.5, 0.6) is 0 Å². The molecule has 1 amide bonds. The first kappa shape index (κ1) is 15.3. The molecule has 22 heavy (non-hydrogen) atoms. The number of aliphatic carboxylic acids is 1. The molecule has 120 valence electrons. The Morgan fingerprint density at radius 1 is 1.36 bits per heavy atom. The van der Waals surface area contributed by atoms with Gasteiger partial charge in [0.05, 0.1) is 10.6 Å². The van der Waals surface area contributed by atoms with Gasteiger partial charge in [0, 0.05) is 11.3 Å². The van der Waals surface area contributed by atoms with E-state index in [0.717, 1.165) is 42.0 Å². The van der Waals surface area contributed by atoms with E-state index in [2.05, 4.69) is 0 Å². The molecule has 1 saturated carbocycles. The zero-order chi connectivity index (χ0) is 15.9. The molecule has 0 spiro atoms. The van der Waals surface area contributed by atoms with Crippen molar-refractivity contribution < 1.29 is 14.7 Å². The Labute approximate surface area is 133 Å². The normalized spacial score (nSPS) is 24.0. The third-order valence-corrected chi connectivity index (χ3v) is 6.15. The van der Waals surface area contributed by atoms with Gasteiger partial charge in [-0.2, -0.15) is 0 Å². The van der Waals surface area contributed by atoms with Crippen molar-refractivity contribution in [1.82, 2.24) is 0 Å². The molecule has 6 heteroatoms. The second kappa shape index (κ2) is 5.57.